The largest absolute Gasteiger partial charge is 0.349 e. The Bertz CT molecular complexity index is 647. The van der Waals surface area contributed by atoms with Gasteiger partial charge >= 0.3 is 0 Å². The van der Waals surface area contributed by atoms with Gasteiger partial charge in [-0.05, 0) is 51.5 Å². The molecule has 3 heterocycles. The number of hydrogen-bond acceptors (Lipinski definition) is 6. The molecule has 2 aromatic rings. The van der Waals surface area contributed by atoms with Gasteiger partial charge in [0.2, 0.25) is 0 Å². The highest BCUT2D eigenvalue weighted by Gasteiger charge is 2.20. The van der Waals surface area contributed by atoms with Gasteiger partial charge in [-0.1, -0.05) is 11.3 Å². The summed E-state index contributed by atoms with van der Waals surface area (Å²) in [4.78, 5) is 15.7. The molecular formula is C16H24N6OS. The van der Waals surface area contributed by atoms with Crippen molar-refractivity contribution in [1.82, 2.24) is 30.5 Å². The van der Waals surface area contributed by atoms with Gasteiger partial charge in [0.15, 0.2) is 5.69 Å². The van der Waals surface area contributed by atoms with Crippen molar-refractivity contribution in [2.75, 3.05) is 33.7 Å². The highest BCUT2D eigenvalue weighted by molar-refractivity contribution is 7.10. The van der Waals surface area contributed by atoms with Crippen LogP contribution < -0.4 is 10.6 Å². The van der Waals surface area contributed by atoms with Gasteiger partial charge in [0.05, 0.1) is 18.3 Å². The predicted octanol–water partition coefficient (Wildman–Crippen LogP) is 1.30. The average molecular weight is 348 g/mol. The SMILES string of the molecule is CN(C)[C@@H](CNC(=O)c1cn(C2CCNCC2)nn1)c1cccs1. The van der Waals surface area contributed by atoms with E-state index >= 15 is 0 Å². The standard InChI is InChI=1S/C16H24N6OS/c1-21(2)14(15-4-3-9-24-15)10-18-16(23)13-11-22(20-19-13)12-5-7-17-8-6-12/h3-4,9,11-12,14,17H,5-8,10H2,1-2H3,(H,18,23)/t14-/m0/s1. The molecule has 3 rings (SSSR count). The number of carbonyl (C=O) groups excluding carboxylic acids is 1. The molecule has 0 saturated carbocycles. The summed E-state index contributed by atoms with van der Waals surface area (Å²) in [5.74, 6) is -0.168. The fourth-order valence-electron chi connectivity index (χ4n) is 2.93. The van der Waals surface area contributed by atoms with Crippen LogP contribution in [0.1, 0.15) is 40.3 Å². The lowest BCUT2D eigenvalue weighted by Crippen LogP contribution is -2.34. The molecule has 0 unspecified atom stereocenters. The van der Waals surface area contributed by atoms with Gasteiger partial charge in [0, 0.05) is 11.4 Å². The van der Waals surface area contributed by atoms with Crippen LogP contribution in [0.15, 0.2) is 23.7 Å². The smallest absolute Gasteiger partial charge is 0.273 e. The zero-order valence-electron chi connectivity index (χ0n) is 14.1. The minimum atomic E-state index is -0.168. The Labute approximate surface area is 146 Å². The predicted molar refractivity (Wildman–Crippen MR) is 94.2 cm³/mol. The van der Waals surface area contributed by atoms with E-state index in [-0.39, 0.29) is 11.9 Å². The normalized spacial score (nSPS) is 17.1. The van der Waals surface area contributed by atoms with Crippen LogP contribution in [0.2, 0.25) is 0 Å². The number of nitrogens with one attached hydrogen (secondary N) is 2. The summed E-state index contributed by atoms with van der Waals surface area (Å²) in [7, 11) is 4.04. The molecule has 1 saturated heterocycles. The van der Waals surface area contributed by atoms with Gasteiger partial charge in [-0.3, -0.25) is 4.79 Å². The maximum Gasteiger partial charge on any atom is 0.273 e. The Morgan fingerprint density at radius 2 is 2.29 bits per heavy atom. The molecule has 0 radical (unpaired) electrons. The first kappa shape index (κ1) is 17.1. The third-order valence-electron chi connectivity index (χ3n) is 4.38. The van der Waals surface area contributed by atoms with Crippen LogP contribution in [0.3, 0.4) is 0 Å². The van der Waals surface area contributed by atoms with E-state index in [1.54, 1.807) is 17.5 Å². The Balaban J connectivity index is 1.59. The van der Waals surface area contributed by atoms with Crippen molar-refractivity contribution in [3.8, 4) is 0 Å². The van der Waals surface area contributed by atoms with Crippen molar-refractivity contribution in [2.45, 2.75) is 24.9 Å². The van der Waals surface area contributed by atoms with Crippen molar-refractivity contribution in [1.29, 1.82) is 0 Å². The van der Waals surface area contributed by atoms with Gasteiger partial charge in [0.1, 0.15) is 0 Å². The van der Waals surface area contributed by atoms with Gasteiger partial charge in [-0.15, -0.1) is 16.4 Å². The maximum absolute atomic E-state index is 12.4. The average Bonchev–Trinajstić information content (AvgIpc) is 3.27. The Morgan fingerprint density at radius 3 is 2.96 bits per heavy atom. The number of carbonyl (C=O) groups is 1. The fourth-order valence-corrected chi connectivity index (χ4v) is 3.85. The number of thiophene rings is 1. The summed E-state index contributed by atoms with van der Waals surface area (Å²) in [6.45, 7) is 2.52. The summed E-state index contributed by atoms with van der Waals surface area (Å²) in [5, 5.41) is 16.6. The van der Waals surface area contributed by atoms with E-state index < -0.39 is 0 Å². The van der Waals surface area contributed by atoms with Crippen molar-refractivity contribution in [3.05, 3.63) is 34.3 Å². The lowest BCUT2D eigenvalue weighted by atomic mass is 10.1. The molecule has 0 bridgehead atoms. The van der Waals surface area contributed by atoms with Crippen molar-refractivity contribution < 1.29 is 4.79 Å². The van der Waals surface area contributed by atoms with E-state index in [1.807, 2.05) is 24.8 Å². The second-order valence-corrected chi connectivity index (χ2v) is 7.25. The molecular weight excluding hydrogens is 324 g/mol. The molecule has 2 N–H and O–H groups in total. The summed E-state index contributed by atoms with van der Waals surface area (Å²) >= 11 is 1.70. The van der Waals surface area contributed by atoms with E-state index in [1.165, 1.54) is 4.88 Å². The van der Waals surface area contributed by atoms with E-state index in [0.29, 0.717) is 18.3 Å². The van der Waals surface area contributed by atoms with Gasteiger partial charge in [-0.2, -0.15) is 0 Å². The van der Waals surface area contributed by atoms with Gasteiger partial charge < -0.3 is 15.5 Å². The zero-order valence-corrected chi connectivity index (χ0v) is 14.9. The third kappa shape index (κ3) is 4.00. The second-order valence-electron chi connectivity index (χ2n) is 6.27. The first-order chi connectivity index (χ1) is 11.6. The van der Waals surface area contributed by atoms with Crippen LogP contribution in [0.25, 0.3) is 0 Å². The Kier molecular flexibility index (Phi) is 5.60. The first-order valence-electron chi connectivity index (χ1n) is 8.25. The number of amides is 1. The number of likely N-dealkylation sites (N-methyl/N-ethyl adjacent to an activating group) is 1. The number of rotatable bonds is 6. The molecule has 7 nitrogen and oxygen atoms in total. The van der Waals surface area contributed by atoms with Crippen LogP contribution in [0.5, 0.6) is 0 Å². The number of hydrogen-bond donors (Lipinski definition) is 2. The van der Waals surface area contributed by atoms with Gasteiger partial charge in [-0.25, -0.2) is 4.68 Å². The Hall–Kier alpha value is -1.77. The topological polar surface area (TPSA) is 75.1 Å². The maximum atomic E-state index is 12.4. The van der Waals surface area contributed by atoms with Crippen LogP contribution in [0.4, 0.5) is 0 Å². The lowest BCUT2D eigenvalue weighted by Gasteiger charge is -2.23. The van der Waals surface area contributed by atoms with Gasteiger partial charge in [0.25, 0.3) is 5.91 Å². The first-order valence-corrected chi connectivity index (χ1v) is 9.13. The minimum Gasteiger partial charge on any atom is -0.349 e. The minimum absolute atomic E-state index is 0.161. The van der Waals surface area contributed by atoms with Crippen molar-refractivity contribution >= 4 is 17.2 Å². The number of nitrogens with zero attached hydrogens (tertiary/aromatic N) is 4. The highest BCUT2D eigenvalue weighted by Crippen LogP contribution is 2.22. The molecule has 1 amide bonds. The van der Waals surface area contributed by atoms with Crippen LogP contribution >= 0.6 is 11.3 Å². The highest BCUT2D eigenvalue weighted by atomic mass is 32.1. The van der Waals surface area contributed by atoms with Crippen molar-refractivity contribution in [2.24, 2.45) is 0 Å². The molecule has 130 valence electrons. The summed E-state index contributed by atoms with van der Waals surface area (Å²) in [6, 6.07) is 4.62. The quantitative estimate of drug-likeness (QED) is 0.823. The molecule has 8 heteroatoms. The number of piperidine rings is 1. The van der Waals surface area contributed by atoms with Crippen molar-refractivity contribution in [3.63, 3.8) is 0 Å². The number of aromatic nitrogens is 3. The fraction of sp³-hybridized carbons (Fsp3) is 0.562. The molecule has 1 aliphatic rings. The molecule has 2 aromatic heterocycles. The lowest BCUT2D eigenvalue weighted by molar-refractivity contribution is 0.0937. The van der Waals surface area contributed by atoms with E-state index in [9.17, 15) is 4.79 Å². The molecule has 1 atom stereocenters. The molecule has 1 aliphatic heterocycles. The molecule has 1 fully saturated rings. The molecule has 24 heavy (non-hydrogen) atoms. The summed E-state index contributed by atoms with van der Waals surface area (Å²) < 4.78 is 1.83. The molecule has 0 aliphatic carbocycles. The molecule has 0 spiro atoms. The molecule has 0 aromatic carbocycles. The van der Waals surface area contributed by atoms with Crippen LogP contribution in [-0.2, 0) is 0 Å². The van der Waals surface area contributed by atoms with E-state index in [0.717, 1.165) is 25.9 Å². The van der Waals surface area contributed by atoms with Crippen LogP contribution in [0, 0.1) is 0 Å². The van der Waals surface area contributed by atoms with E-state index in [4.69, 9.17) is 0 Å². The second kappa shape index (κ2) is 7.87. The summed E-state index contributed by atoms with van der Waals surface area (Å²) in [6.07, 6.45) is 3.80. The monoisotopic (exact) mass is 348 g/mol. The zero-order chi connectivity index (χ0) is 16.9. The van der Waals surface area contributed by atoms with Crippen LogP contribution in [-0.4, -0.2) is 59.5 Å². The third-order valence-corrected chi connectivity index (χ3v) is 5.35. The summed E-state index contributed by atoms with van der Waals surface area (Å²) in [5.41, 5.74) is 0.386. The Morgan fingerprint density at radius 1 is 1.50 bits per heavy atom. The van der Waals surface area contributed by atoms with E-state index in [2.05, 4.69) is 37.3 Å².